The Morgan fingerprint density at radius 3 is 2.12 bits per heavy atom. The van der Waals surface area contributed by atoms with Crippen LogP contribution in [0.5, 0.6) is 0 Å². The van der Waals surface area contributed by atoms with Gasteiger partial charge in [0.25, 0.3) is 5.91 Å². The lowest BCUT2D eigenvalue weighted by molar-refractivity contribution is -0.143. The first kappa shape index (κ1) is 38.4. The van der Waals surface area contributed by atoms with E-state index in [1.54, 1.807) is 0 Å². The van der Waals surface area contributed by atoms with E-state index in [9.17, 15) is 32.7 Å². The topological polar surface area (TPSA) is 162 Å². The van der Waals surface area contributed by atoms with Gasteiger partial charge in [-0.25, -0.2) is 13.2 Å². The second-order valence-corrected chi connectivity index (χ2v) is 19.3. The summed E-state index contributed by atoms with van der Waals surface area (Å²) in [7, 11) is -3.89. The fraction of sp³-hybridized carbons (Fsp3) is 0.526. The molecule has 276 valence electrons. The second kappa shape index (κ2) is 13.9. The molecule has 2 saturated carbocycles. The van der Waals surface area contributed by atoms with E-state index in [0.717, 1.165) is 16.7 Å². The van der Waals surface area contributed by atoms with Crippen LogP contribution in [0.25, 0.3) is 11.1 Å². The number of thioether (sulfide) groups is 1. The first-order chi connectivity index (χ1) is 23.8. The first-order valence-corrected chi connectivity index (χ1v) is 20.1. The molecule has 2 aromatic carbocycles. The number of rotatable bonds is 13. The molecule has 2 aromatic rings. The van der Waals surface area contributed by atoms with E-state index in [-0.39, 0.29) is 24.8 Å². The van der Waals surface area contributed by atoms with Crippen LogP contribution in [-0.2, 0) is 29.2 Å². The maximum atomic E-state index is 14.7. The molecule has 0 aromatic heterocycles. The van der Waals surface area contributed by atoms with E-state index < -0.39 is 72.8 Å². The van der Waals surface area contributed by atoms with Gasteiger partial charge in [-0.2, -0.15) is 11.8 Å². The molecular formula is C38H50N4O7S2. The predicted molar refractivity (Wildman–Crippen MR) is 199 cm³/mol. The minimum Gasteiger partial charge on any atom is -0.465 e. The molecule has 4 N–H and O–H groups in total. The summed E-state index contributed by atoms with van der Waals surface area (Å²) in [5.74, 6) is -2.50. The molecule has 11 nitrogen and oxygen atoms in total. The fourth-order valence-electron chi connectivity index (χ4n) is 7.78. The molecule has 1 aliphatic heterocycles. The van der Waals surface area contributed by atoms with Crippen molar-refractivity contribution >= 4 is 45.6 Å². The average Bonchev–Trinajstić information content (AvgIpc) is 3.99. The number of amides is 4. The molecule has 13 heteroatoms. The lowest BCUT2D eigenvalue weighted by Crippen LogP contribution is -2.60. The predicted octanol–water partition coefficient (Wildman–Crippen LogP) is 5.28. The van der Waals surface area contributed by atoms with E-state index in [1.165, 1.54) is 22.7 Å². The van der Waals surface area contributed by atoms with Gasteiger partial charge in [-0.3, -0.25) is 19.1 Å². The molecule has 1 heterocycles. The summed E-state index contributed by atoms with van der Waals surface area (Å²) in [6, 6.07) is 15.6. The molecule has 3 fully saturated rings. The third kappa shape index (κ3) is 8.14. The Bertz CT molecular complexity index is 1790. The van der Waals surface area contributed by atoms with Gasteiger partial charge >= 0.3 is 6.09 Å². The van der Waals surface area contributed by atoms with Crippen molar-refractivity contribution in [3.8, 4) is 11.1 Å². The van der Waals surface area contributed by atoms with Gasteiger partial charge in [0.2, 0.25) is 21.8 Å². The second-order valence-electron chi connectivity index (χ2n) is 16.1. The van der Waals surface area contributed by atoms with Crippen molar-refractivity contribution in [2.45, 2.75) is 94.3 Å². The normalized spacial score (nSPS) is 25.4. The summed E-state index contributed by atoms with van der Waals surface area (Å²) in [6.07, 6.45) is 3.83. The van der Waals surface area contributed by atoms with Gasteiger partial charge in [0.05, 0.1) is 10.00 Å². The molecule has 5 rings (SSSR count). The summed E-state index contributed by atoms with van der Waals surface area (Å²) in [5, 5.41) is 14.6. The molecule has 3 aliphatic rings. The van der Waals surface area contributed by atoms with Crippen molar-refractivity contribution in [3.05, 3.63) is 72.8 Å². The number of likely N-dealkylation sites (tertiary alicyclic amines) is 1. The molecule has 2 aliphatic carbocycles. The van der Waals surface area contributed by atoms with Gasteiger partial charge in [-0.15, -0.1) is 6.58 Å². The van der Waals surface area contributed by atoms with Crippen LogP contribution in [0.2, 0.25) is 0 Å². The van der Waals surface area contributed by atoms with Crippen molar-refractivity contribution < 1.29 is 32.7 Å². The number of benzene rings is 2. The number of carbonyl (C=O) groups is 4. The number of carboxylic acid groups (broad SMARTS) is 1. The minimum absolute atomic E-state index is 0.0965. The van der Waals surface area contributed by atoms with Gasteiger partial charge < -0.3 is 20.6 Å². The molecule has 4 amide bonds. The van der Waals surface area contributed by atoms with Crippen LogP contribution < -0.4 is 15.4 Å². The highest BCUT2D eigenvalue weighted by Crippen LogP contribution is 2.49. The van der Waals surface area contributed by atoms with Crippen LogP contribution in [-0.4, -0.2) is 77.9 Å². The Kier molecular flexibility index (Phi) is 10.5. The first-order valence-electron chi connectivity index (χ1n) is 17.3. The van der Waals surface area contributed by atoms with Crippen LogP contribution in [0.4, 0.5) is 4.79 Å². The molecule has 0 radical (unpaired) electrons. The van der Waals surface area contributed by atoms with Crippen LogP contribution in [0.3, 0.4) is 0 Å². The quantitative estimate of drug-likeness (QED) is 0.202. The Balaban J connectivity index is 1.52. The summed E-state index contributed by atoms with van der Waals surface area (Å²) >= 11 is 1.50. The number of hydrogen-bond donors (Lipinski definition) is 4. The van der Waals surface area contributed by atoms with Crippen molar-refractivity contribution in [2.24, 2.45) is 16.7 Å². The highest BCUT2D eigenvalue weighted by molar-refractivity contribution is 7.99. The summed E-state index contributed by atoms with van der Waals surface area (Å²) in [6.45, 7) is 13.6. The zero-order valence-corrected chi connectivity index (χ0v) is 31.8. The van der Waals surface area contributed by atoms with Gasteiger partial charge in [0.15, 0.2) is 0 Å². The van der Waals surface area contributed by atoms with Crippen molar-refractivity contribution in [1.82, 2.24) is 20.3 Å². The van der Waals surface area contributed by atoms with E-state index in [0.29, 0.717) is 19.3 Å². The zero-order valence-electron chi connectivity index (χ0n) is 30.2. The lowest BCUT2D eigenvalue weighted by atomic mass is 9.71. The van der Waals surface area contributed by atoms with Crippen LogP contribution in [0, 0.1) is 16.7 Å². The van der Waals surface area contributed by atoms with Crippen LogP contribution >= 0.6 is 11.8 Å². The number of nitrogens with zero attached hydrogens (tertiary/aromatic N) is 1. The average molecular weight is 739 g/mol. The largest absolute Gasteiger partial charge is 0.465 e. The molecule has 0 spiro atoms. The van der Waals surface area contributed by atoms with E-state index in [1.807, 2.05) is 95.5 Å². The lowest BCUT2D eigenvalue weighted by Gasteiger charge is -2.40. The van der Waals surface area contributed by atoms with E-state index >= 15 is 0 Å². The molecular weight excluding hydrogens is 689 g/mol. The smallest absolute Gasteiger partial charge is 0.405 e. The Morgan fingerprint density at radius 1 is 1.00 bits per heavy atom. The third-order valence-corrected chi connectivity index (χ3v) is 13.5. The summed E-state index contributed by atoms with van der Waals surface area (Å²) < 4.78 is 26.9. The van der Waals surface area contributed by atoms with E-state index in [2.05, 4.69) is 21.9 Å². The fourth-order valence-corrected chi connectivity index (χ4v) is 10.1. The maximum Gasteiger partial charge on any atom is 0.405 e. The highest BCUT2D eigenvalue weighted by atomic mass is 32.2. The van der Waals surface area contributed by atoms with Crippen molar-refractivity contribution in [3.63, 3.8) is 0 Å². The minimum atomic E-state index is -3.89. The standard InChI is InChI=1S/C38H50N4O7S2/c1-8-26-20-38(26,33(45)41-51(48,49)28-18-19-28)40-31(43)29-21-37(50-7,27-16-14-25(15-17-27)24-12-10-9-11-13-24)23-42(29)32(44)30(39-34(46)47)36(5,6)22-35(2,3)4/h8-17,26,28-30,39H,1,18-23H2,2-7H3,(H,40,43)(H,41,45)(H,46,47)/t26-,29+,30-,37+,38-/m1/s1. The maximum absolute atomic E-state index is 14.7. The summed E-state index contributed by atoms with van der Waals surface area (Å²) in [5.41, 5.74) is 0.294. The van der Waals surface area contributed by atoms with Crippen LogP contribution in [0.1, 0.15) is 72.3 Å². The number of sulfonamides is 1. The Morgan fingerprint density at radius 2 is 1.61 bits per heavy atom. The molecule has 1 saturated heterocycles. The summed E-state index contributed by atoms with van der Waals surface area (Å²) in [4.78, 5) is 56.4. The molecule has 5 atom stereocenters. The van der Waals surface area contributed by atoms with Crippen molar-refractivity contribution in [2.75, 3.05) is 12.8 Å². The third-order valence-electron chi connectivity index (χ3n) is 10.4. The van der Waals surface area contributed by atoms with E-state index in [4.69, 9.17) is 0 Å². The number of carbonyl (C=O) groups excluding carboxylic acids is 3. The molecule has 0 bridgehead atoms. The molecule has 51 heavy (non-hydrogen) atoms. The van der Waals surface area contributed by atoms with Gasteiger partial charge in [0, 0.05) is 12.5 Å². The SMILES string of the molecule is C=C[C@@H]1C[C@]1(NC(=O)[C@@H]1C[C@@](SC)(c2ccc(-c3ccccc3)cc2)CN1C(=O)[C@@H](NC(=O)O)C(C)(C)CC(C)(C)C)C(=O)NS(=O)(=O)C1CC1. The van der Waals surface area contributed by atoms with Crippen LogP contribution in [0.15, 0.2) is 67.3 Å². The number of hydrogen-bond acceptors (Lipinski definition) is 7. The van der Waals surface area contributed by atoms with Crippen molar-refractivity contribution in [1.29, 1.82) is 0 Å². The van der Waals surface area contributed by atoms with Gasteiger partial charge in [-0.05, 0) is 65.9 Å². The molecule has 0 unspecified atom stereocenters. The Labute approximate surface area is 305 Å². The highest BCUT2D eigenvalue weighted by Gasteiger charge is 2.62. The monoisotopic (exact) mass is 738 g/mol. The Hall–Kier alpha value is -3.84. The zero-order chi connectivity index (χ0) is 37.6. The number of nitrogens with one attached hydrogen (secondary N) is 3. The van der Waals surface area contributed by atoms with Gasteiger partial charge in [-0.1, -0.05) is 95.3 Å². The van der Waals surface area contributed by atoms with Gasteiger partial charge in [0.1, 0.15) is 17.6 Å².